The van der Waals surface area contributed by atoms with Gasteiger partial charge in [-0.3, -0.25) is 14.6 Å². The summed E-state index contributed by atoms with van der Waals surface area (Å²) in [4.78, 5) is 32.3. The van der Waals surface area contributed by atoms with Crippen LogP contribution < -0.4 is 10.6 Å². The minimum absolute atomic E-state index is 0.0365. The Balaban J connectivity index is 2.86. The molecular formula is C16H31N5O2. The van der Waals surface area contributed by atoms with Crippen LogP contribution in [0.1, 0.15) is 41.0 Å². The fourth-order valence-corrected chi connectivity index (χ4v) is 3.13. The predicted octanol–water partition coefficient (Wildman–Crippen LogP) is 0.419. The second-order valence-electron chi connectivity index (χ2n) is 6.68. The number of nitrogens with one attached hydrogen (secondary N) is 2. The number of rotatable bonds is 5. The molecule has 0 spiro atoms. The molecule has 0 bridgehead atoms. The largest absolute Gasteiger partial charge is 0.359 e. The molecule has 2 N–H and O–H groups in total. The topological polar surface area (TPSA) is 77.0 Å². The van der Waals surface area contributed by atoms with E-state index in [-0.39, 0.29) is 23.4 Å². The summed E-state index contributed by atoms with van der Waals surface area (Å²) in [6.45, 7) is 12.4. The molecule has 1 aliphatic rings. The van der Waals surface area contributed by atoms with Crippen LogP contribution in [0.4, 0.5) is 0 Å². The first kappa shape index (κ1) is 19.3. The van der Waals surface area contributed by atoms with Gasteiger partial charge in [0.05, 0.1) is 18.6 Å². The molecule has 0 radical (unpaired) electrons. The molecule has 1 aliphatic heterocycles. The van der Waals surface area contributed by atoms with Gasteiger partial charge in [-0.1, -0.05) is 0 Å². The summed E-state index contributed by atoms with van der Waals surface area (Å²) in [6.07, 6.45) is 0.342. The average Bonchev–Trinajstić information content (AvgIpc) is 2.43. The van der Waals surface area contributed by atoms with Crippen molar-refractivity contribution in [3.63, 3.8) is 0 Å². The summed E-state index contributed by atoms with van der Waals surface area (Å²) in [5.74, 6) is 0.764. The molecule has 0 aromatic rings. The van der Waals surface area contributed by atoms with Gasteiger partial charge >= 0.3 is 0 Å². The van der Waals surface area contributed by atoms with E-state index >= 15 is 0 Å². The van der Waals surface area contributed by atoms with E-state index in [2.05, 4.69) is 29.5 Å². The molecule has 0 unspecified atom stereocenters. The quantitative estimate of drug-likeness (QED) is 0.567. The zero-order valence-electron chi connectivity index (χ0n) is 15.3. The first-order valence-electron chi connectivity index (χ1n) is 8.29. The molecule has 0 aromatic heterocycles. The Morgan fingerprint density at radius 3 is 2.52 bits per heavy atom. The lowest BCUT2D eigenvalue weighted by Gasteiger charge is -2.49. The highest BCUT2D eigenvalue weighted by Crippen LogP contribution is 2.24. The van der Waals surface area contributed by atoms with Gasteiger partial charge in [-0.25, -0.2) is 0 Å². The molecule has 0 aromatic carbocycles. The SMILES string of the molecule is CCNC(=NCCC(=O)NC)N1CC(=O)N(C(C)C)C(C)(C)C1. The minimum Gasteiger partial charge on any atom is -0.359 e. The van der Waals surface area contributed by atoms with Gasteiger partial charge in [0.1, 0.15) is 0 Å². The summed E-state index contributed by atoms with van der Waals surface area (Å²) in [7, 11) is 1.61. The van der Waals surface area contributed by atoms with Crippen molar-refractivity contribution in [2.45, 2.75) is 52.6 Å². The second-order valence-corrected chi connectivity index (χ2v) is 6.68. The molecule has 2 amide bonds. The first-order chi connectivity index (χ1) is 10.7. The van der Waals surface area contributed by atoms with Crippen molar-refractivity contribution in [2.24, 2.45) is 4.99 Å². The minimum atomic E-state index is -0.263. The molecule has 7 heteroatoms. The fourth-order valence-electron chi connectivity index (χ4n) is 3.13. The molecule has 23 heavy (non-hydrogen) atoms. The van der Waals surface area contributed by atoms with Crippen molar-refractivity contribution in [1.82, 2.24) is 20.4 Å². The van der Waals surface area contributed by atoms with Crippen molar-refractivity contribution in [3.8, 4) is 0 Å². The number of carbonyl (C=O) groups is 2. The predicted molar refractivity (Wildman–Crippen MR) is 92.3 cm³/mol. The van der Waals surface area contributed by atoms with Gasteiger partial charge in [0.2, 0.25) is 11.8 Å². The van der Waals surface area contributed by atoms with Gasteiger partial charge in [0.25, 0.3) is 0 Å². The lowest BCUT2D eigenvalue weighted by atomic mass is 9.96. The molecule has 0 saturated carbocycles. The molecule has 1 rings (SSSR count). The summed E-state index contributed by atoms with van der Waals surface area (Å²) in [5, 5.41) is 5.81. The van der Waals surface area contributed by atoms with Gasteiger partial charge < -0.3 is 20.4 Å². The third kappa shape index (κ3) is 5.11. The molecular weight excluding hydrogens is 294 g/mol. The summed E-state index contributed by atoms with van der Waals surface area (Å²) in [6, 6.07) is 0.174. The highest BCUT2D eigenvalue weighted by molar-refractivity contribution is 5.88. The first-order valence-corrected chi connectivity index (χ1v) is 8.29. The smallest absolute Gasteiger partial charge is 0.242 e. The van der Waals surface area contributed by atoms with Crippen molar-refractivity contribution in [1.29, 1.82) is 0 Å². The zero-order chi connectivity index (χ0) is 17.6. The average molecular weight is 325 g/mol. The van der Waals surface area contributed by atoms with Crippen LogP contribution >= 0.6 is 0 Å². The van der Waals surface area contributed by atoms with E-state index in [4.69, 9.17) is 0 Å². The van der Waals surface area contributed by atoms with Crippen LogP contribution in [0.5, 0.6) is 0 Å². The number of carbonyl (C=O) groups excluding carboxylic acids is 2. The van der Waals surface area contributed by atoms with Crippen LogP contribution in [0.15, 0.2) is 4.99 Å². The highest BCUT2D eigenvalue weighted by atomic mass is 16.2. The number of piperazine rings is 1. The fraction of sp³-hybridized carbons (Fsp3) is 0.812. The van der Waals surface area contributed by atoms with Gasteiger partial charge in [-0.05, 0) is 34.6 Å². The van der Waals surface area contributed by atoms with E-state index in [0.29, 0.717) is 32.0 Å². The number of hydrogen-bond acceptors (Lipinski definition) is 3. The highest BCUT2D eigenvalue weighted by Gasteiger charge is 2.40. The Morgan fingerprint density at radius 2 is 2.04 bits per heavy atom. The Hall–Kier alpha value is -1.79. The maximum atomic E-state index is 12.5. The van der Waals surface area contributed by atoms with Crippen LogP contribution in [0, 0.1) is 0 Å². The number of hydrogen-bond donors (Lipinski definition) is 2. The van der Waals surface area contributed by atoms with E-state index in [1.165, 1.54) is 0 Å². The van der Waals surface area contributed by atoms with Crippen LogP contribution in [-0.4, -0.2) is 72.4 Å². The van der Waals surface area contributed by atoms with Gasteiger partial charge in [-0.2, -0.15) is 0 Å². The third-order valence-corrected chi connectivity index (χ3v) is 3.85. The molecule has 7 nitrogen and oxygen atoms in total. The van der Waals surface area contributed by atoms with Crippen LogP contribution in [0.25, 0.3) is 0 Å². The number of aliphatic imine (C=N–C) groups is 1. The van der Waals surface area contributed by atoms with Gasteiger partial charge in [0.15, 0.2) is 5.96 Å². The maximum Gasteiger partial charge on any atom is 0.242 e. The Labute approximate surface area is 139 Å². The number of amides is 2. The number of guanidine groups is 1. The van der Waals surface area contributed by atoms with Gasteiger partial charge in [0, 0.05) is 32.6 Å². The lowest BCUT2D eigenvalue weighted by molar-refractivity contribution is -0.145. The molecule has 0 atom stereocenters. The zero-order valence-corrected chi connectivity index (χ0v) is 15.3. The summed E-state index contributed by atoms with van der Waals surface area (Å²) >= 11 is 0. The molecule has 132 valence electrons. The molecule has 1 fully saturated rings. The Kier molecular flexibility index (Phi) is 6.84. The van der Waals surface area contributed by atoms with E-state index in [1.54, 1.807) is 7.05 Å². The van der Waals surface area contributed by atoms with Crippen molar-refractivity contribution in [2.75, 3.05) is 33.2 Å². The van der Waals surface area contributed by atoms with E-state index < -0.39 is 0 Å². The van der Waals surface area contributed by atoms with Crippen molar-refractivity contribution >= 4 is 17.8 Å². The van der Waals surface area contributed by atoms with Gasteiger partial charge in [-0.15, -0.1) is 0 Å². The normalized spacial score (nSPS) is 18.4. The number of nitrogens with zero attached hydrogens (tertiary/aromatic N) is 3. The van der Waals surface area contributed by atoms with Crippen LogP contribution in [0.3, 0.4) is 0 Å². The van der Waals surface area contributed by atoms with Crippen LogP contribution in [0.2, 0.25) is 0 Å². The lowest BCUT2D eigenvalue weighted by Crippen LogP contribution is -2.66. The van der Waals surface area contributed by atoms with Crippen molar-refractivity contribution < 1.29 is 9.59 Å². The molecule has 1 saturated heterocycles. The van der Waals surface area contributed by atoms with Crippen LogP contribution in [-0.2, 0) is 9.59 Å². The maximum absolute atomic E-state index is 12.5. The van der Waals surface area contributed by atoms with E-state index in [9.17, 15) is 9.59 Å². The standard InChI is InChI=1S/C16H31N5O2/c1-7-18-15(19-9-8-13(22)17-6)20-10-14(23)21(12(2)3)16(4,5)11-20/h12H,7-11H2,1-6H3,(H,17,22)(H,18,19). The molecule has 0 aliphatic carbocycles. The summed E-state index contributed by atoms with van der Waals surface area (Å²) < 4.78 is 0. The van der Waals surface area contributed by atoms with Crippen molar-refractivity contribution in [3.05, 3.63) is 0 Å². The monoisotopic (exact) mass is 325 g/mol. The Morgan fingerprint density at radius 1 is 1.39 bits per heavy atom. The third-order valence-electron chi connectivity index (χ3n) is 3.85. The van der Waals surface area contributed by atoms with E-state index in [0.717, 1.165) is 6.54 Å². The second kappa shape index (κ2) is 8.17. The van der Waals surface area contributed by atoms with E-state index in [1.807, 2.05) is 30.6 Å². The Bertz CT molecular complexity index is 459. The summed E-state index contributed by atoms with van der Waals surface area (Å²) in [5.41, 5.74) is -0.263. The molecule has 1 heterocycles.